The lowest BCUT2D eigenvalue weighted by molar-refractivity contribution is -0.480. The average molecular weight is 274 g/mol. The summed E-state index contributed by atoms with van der Waals surface area (Å²) in [5.74, 6) is 0. The molecule has 2 rings (SSSR count). The third-order valence-corrected chi connectivity index (χ3v) is 2.99. The van der Waals surface area contributed by atoms with Crippen molar-refractivity contribution in [3.63, 3.8) is 0 Å². The van der Waals surface area contributed by atoms with Crippen LogP contribution in [0.1, 0.15) is 25.5 Å². The highest BCUT2D eigenvalue weighted by molar-refractivity contribution is 5.81. The van der Waals surface area contributed by atoms with Gasteiger partial charge in [0.25, 0.3) is 0 Å². The molecule has 0 aliphatic heterocycles. The average Bonchev–Trinajstić information content (AvgIpc) is 2.71. The zero-order valence-electron chi connectivity index (χ0n) is 12.2. The highest BCUT2D eigenvalue weighted by Gasteiger charge is 2.05. The summed E-state index contributed by atoms with van der Waals surface area (Å²) in [5, 5.41) is 11.5. The first-order valence-electron chi connectivity index (χ1n) is 6.84. The predicted molar refractivity (Wildman–Crippen MR) is 83.6 cm³/mol. The number of hydrogen-bond acceptors (Lipinski definition) is 2. The summed E-state index contributed by atoms with van der Waals surface area (Å²) in [4.78, 5) is 9.99. The Kier molecular flexibility index (Phi) is 6.50. The number of aryl methyl sites for hydroxylation is 2. The normalized spacial score (nSPS) is 9.90. The van der Waals surface area contributed by atoms with E-state index in [1.165, 1.54) is 16.6 Å². The zero-order valence-corrected chi connectivity index (χ0v) is 12.2. The first kappa shape index (κ1) is 16.0. The second-order valence-corrected chi connectivity index (χ2v) is 4.67. The molecule has 4 heteroatoms. The van der Waals surface area contributed by atoms with Gasteiger partial charge in [0.1, 0.15) is 0 Å². The molecule has 0 N–H and O–H groups in total. The van der Waals surface area contributed by atoms with E-state index in [4.69, 9.17) is 0 Å². The minimum Gasteiger partial charge on any atom is -0.345 e. The number of nitro groups is 1. The Bertz CT molecular complexity index is 573. The second kappa shape index (κ2) is 8.15. The van der Waals surface area contributed by atoms with Crippen LogP contribution in [0, 0.1) is 17.0 Å². The van der Waals surface area contributed by atoms with Gasteiger partial charge in [0.2, 0.25) is 6.54 Å². The Morgan fingerprint density at radius 2 is 2.00 bits per heavy atom. The van der Waals surface area contributed by atoms with Crippen molar-refractivity contribution in [3.05, 3.63) is 58.8 Å². The molecule has 1 heterocycles. The van der Waals surface area contributed by atoms with E-state index in [1.807, 2.05) is 19.1 Å². The van der Waals surface area contributed by atoms with E-state index in [0.717, 1.165) is 13.0 Å². The standard InChI is InChI=1S/C13H16N2O2.C3H6/c1-11-10-12-6-2-3-7-13(12)14(11)8-4-5-9-15(16)17;1-3-2/h2-3,6-7,10H,4-5,8-9H2,1H3;3H,1H2,2H3. The van der Waals surface area contributed by atoms with Crippen molar-refractivity contribution in [2.75, 3.05) is 6.54 Å². The maximum Gasteiger partial charge on any atom is 0.203 e. The summed E-state index contributed by atoms with van der Waals surface area (Å²) in [6, 6.07) is 10.4. The second-order valence-electron chi connectivity index (χ2n) is 4.67. The van der Waals surface area contributed by atoms with Crippen LogP contribution in [0.15, 0.2) is 43.0 Å². The third-order valence-electron chi connectivity index (χ3n) is 2.99. The lowest BCUT2D eigenvalue weighted by atomic mass is 10.2. The van der Waals surface area contributed by atoms with Gasteiger partial charge < -0.3 is 4.57 Å². The molecule has 20 heavy (non-hydrogen) atoms. The van der Waals surface area contributed by atoms with Gasteiger partial charge in [-0.15, -0.1) is 6.58 Å². The summed E-state index contributed by atoms with van der Waals surface area (Å²) in [7, 11) is 0. The molecular weight excluding hydrogens is 252 g/mol. The summed E-state index contributed by atoms with van der Waals surface area (Å²) in [6.07, 6.45) is 3.24. The molecule has 0 spiro atoms. The topological polar surface area (TPSA) is 48.1 Å². The molecule has 2 aromatic rings. The Morgan fingerprint density at radius 1 is 1.35 bits per heavy atom. The molecule has 0 saturated carbocycles. The zero-order chi connectivity index (χ0) is 15.0. The van der Waals surface area contributed by atoms with Gasteiger partial charge in [-0.25, -0.2) is 0 Å². The number of benzene rings is 1. The lowest BCUT2D eigenvalue weighted by Crippen LogP contribution is -2.04. The number of fused-ring (bicyclic) bond motifs is 1. The highest BCUT2D eigenvalue weighted by Crippen LogP contribution is 2.19. The Hall–Kier alpha value is -2.10. The van der Waals surface area contributed by atoms with E-state index in [1.54, 1.807) is 6.08 Å². The van der Waals surface area contributed by atoms with Crippen molar-refractivity contribution < 1.29 is 4.92 Å². The Labute approximate surface area is 119 Å². The van der Waals surface area contributed by atoms with Crippen LogP contribution in [0.4, 0.5) is 0 Å². The van der Waals surface area contributed by atoms with Crippen LogP contribution >= 0.6 is 0 Å². The molecule has 0 saturated heterocycles. The van der Waals surface area contributed by atoms with Crippen molar-refractivity contribution in [1.29, 1.82) is 0 Å². The van der Waals surface area contributed by atoms with Gasteiger partial charge in [0, 0.05) is 29.1 Å². The Balaban J connectivity index is 0.000000612. The number of rotatable bonds is 5. The summed E-state index contributed by atoms with van der Waals surface area (Å²) >= 11 is 0. The summed E-state index contributed by atoms with van der Waals surface area (Å²) in [5.41, 5.74) is 2.43. The highest BCUT2D eigenvalue weighted by atomic mass is 16.6. The van der Waals surface area contributed by atoms with Crippen LogP contribution in [0.3, 0.4) is 0 Å². The first-order chi connectivity index (χ1) is 9.60. The Morgan fingerprint density at radius 3 is 2.65 bits per heavy atom. The lowest BCUT2D eigenvalue weighted by Gasteiger charge is -2.06. The minimum atomic E-state index is -0.249. The molecule has 108 valence electrons. The van der Waals surface area contributed by atoms with Gasteiger partial charge in [-0.3, -0.25) is 10.1 Å². The van der Waals surface area contributed by atoms with Gasteiger partial charge >= 0.3 is 0 Å². The molecule has 0 aliphatic rings. The van der Waals surface area contributed by atoms with Crippen LogP contribution in [0.2, 0.25) is 0 Å². The first-order valence-corrected chi connectivity index (χ1v) is 6.84. The third kappa shape index (κ3) is 4.53. The molecule has 4 nitrogen and oxygen atoms in total. The maximum atomic E-state index is 10.2. The number of nitrogens with zero attached hydrogens (tertiary/aromatic N) is 2. The van der Waals surface area contributed by atoms with E-state index in [2.05, 4.69) is 36.3 Å². The van der Waals surface area contributed by atoms with Gasteiger partial charge in [0.05, 0.1) is 0 Å². The molecule has 1 aromatic carbocycles. The molecule has 1 aromatic heterocycles. The molecule has 0 radical (unpaired) electrons. The van der Waals surface area contributed by atoms with Crippen LogP contribution in [0.25, 0.3) is 10.9 Å². The van der Waals surface area contributed by atoms with Crippen LogP contribution in [-0.4, -0.2) is 16.0 Å². The SMILES string of the molecule is C=CC.Cc1cc2ccccc2n1CCCC[N+](=O)[O-]. The number of hydrogen-bond donors (Lipinski definition) is 0. The molecule has 0 aliphatic carbocycles. The number of allylic oxidation sites excluding steroid dienone is 1. The monoisotopic (exact) mass is 274 g/mol. The summed E-state index contributed by atoms with van der Waals surface area (Å²) in [6.45, 7) is 8.25. The van der Waals surface area contributed by atoms with Crippen LogP contribution < -0.4 is 0 Å². The molecule has 0 amide bonds. The van der Waals surface area contributed by atoms with E-state index < -0.39 is 0 Å². The van der Waals surface area contributed by atoms with E-state index in [0.29, 0.717) is 6.42 Å². The molecule has 0 bridgehead atoms. The van der Waals surface area contributed by atoms with Crippen molar-refractivity contribution in [3.8, 4) is 0 Å². The summed E-state index contributed by atoms with van der Waals surface area (Å²) < 4.78 is 2.23. The van der Waals surface area contributed by atoms with E-state index >= 15 is 0 Å². The quantitative estimate of drug-likeness (QED) is 0.355. The number of unbranched alkanes of at least 4 members (excludes halogenated alkanes) is 1. The number of para-hydroxylation sites is 1. The maximum absolute atomic E-state index is 10.2. The van der Waals surface area contributed by atoms with E-state index in [9.17, 15) is 10.1 Å². The minimum absolute atomic E-state index is 0.0677. The van der Waals surface area contributed by atoms with Crippen molar-refractivity contribution in [2.45, 2.75) is 33.2 Å². The van der Waals surface area contributed by atoms with Gasteiger partial charge in [-0.1, -0.05) is 24.3 Å². The van der Waals surface area contributed by atoms with Crippen molar-refractivity contribution >= 4 is 10.9 Å². The van der Waals surface area contributed by atoms with Crippen LogP contribution in [0.5, 0.6) is 0 Å². The molecule has 0 atom stereocenters. The van der Waals surface area contributed by atoms with Crippen molar-refractivity contribution in [2.24, 2.45) is 0 Å². The predicted octanol–water partition coefficient (Wildman–Crippen LogP) is 4.20. The smallest absolute Gasteiger partial charge is 0.203 e. The van der Waals surface area contributed by atoms with Crippen LogP contribution in [-0.2, 0) is 6.54 Å². The molecule has 0 fully saturated rings. The molecular formula is C16H22N2O2. The van der Waals surface area contributed by atoms with E-state index in [-0.39, 0.29) is 11.5 Å². The largest absolute Gasteiger partial charge is 0.345 e. The van der Waals surface area contributed by atoms with Gasteiger partial charge in [-0.05, 0) is 37.8 Å². The fourth-order valence-corrected chi connectivity index (χ4v) is 2.16. The van der Waals surface area contributed by atoms with Crippen molar-refractivity contribution in [1.82, 2.24) is 4.57 Å². The van der Waals surface area contributed by atoms with Gasteiger partial charge in [0.15, 0.2) is 0 Å². The molecule has 0 unspecified atom stereocenters. The van der Waals surface area contributed by atoms with Gasteiger partial charge in [-0.2, -0.15) is 0 Å². The fraction of sp³-hybridized carbons (Fsp3) is 0.375. The number of aromatic nitrogens is 1. The fourth-order valence-electron chi connectivity index (χ4n) is 2.16.